The second-order valence-electron chi connectivity index (χ2n) is 6.80. The van der Waals surface area contributed by atoms with Gasteiger partial charge in [-0.1, -0.05) is 0 Å². The molecule has 0 aromatic carbocycles. The minimum absolute atomic E-state index is 0.108. The average molecular weight is 336 g/mol. The van der Waals surface area contributed by atoms with E-state index in [2.05, 4.69) is 0 Å². The first-order valence-corrected chi connectivity index (χ1v) is 9.02. The Morgan fingerprint density at radius 3 is 2.83 bits per heavy atom. The van der Waals surface area contributed by atoms with Crippen LogP contribution in [0.4, 0.5) is 0 Å². The van der Waals surface area contributed by atoms with Crippen molar-refractivity contribution in [3.8, 4) is 0 Å². The molecular weight excluding hydrogens is 312 g/mol. The van der Waals surface area contributed by atoms with Gasteiger partial charge in [0.25, 0.3) is 0 Å². The number of thiophene rings is 1. The molecule has 2 fully saturated rings. The lowest BCUT2D eigenvalue weighted by Gasteiger charge is -2.43. The molecule has 0 spiro atoms. The zero-order valence-electron chi connectivity index (χ0n) is 13.8. The first-order chi connectivity index (χ1) is 11.0. The van der Waals surface area contributed by atoms with Gasteiger partial charge in [0.05, 0.1) is 13.0 Å². The summed E-state index contributed by atoms with van der Waals surface area (Å²) in [6, 6.07) is 2.01. The fourth-order valence-electron chi connectivity index (χ4n) is 4.02. The van der Waals surface area contributed by atoms with Crippen molar-refractivity contribution in [1.82, 2.24) is 9.80 Å². The van der Waals surface area contributed by atoms with Crippen molar-refractivity contribution in [3.63, 3.8) is 0 Å². The highest BCUT2D eigenvalue weighted by atomic mass is 32.1. The van der Waals surface area contributed by atoms with Crippen LogP contribution in [0.25, 0.3) is 0 Å². The van der Waals surface area contributed by atoms with Crippen LogP contribution in [0.3, 0.4) is 0 Å². The Labute approximate surface area is 141 Å². The summed E-state index contributed by atoms with van der Waals surface area (Å²) in [6.45, 7) is 5.19. The number of fused-ring (bicyclic) bond motifs is 1. The third-order valence-electron chi connectivity index (χ3n) is 5.23. The van der Waals surface area contributed by atoms with Crippen LogP contribution in [0.5, 0.6) is 0 Å². The molecule has 0 aliphatic carbocycles. The first kappa shape index (κ1) is 16.5. The van der Waals surface area contributed by atoms with Gasteiger partial charge in [-0.25, -0.2) is 0 Å². The standard InChI is InChI=1S/C17H24N2O3S/c1-13(20)18-5-3-15-8-19(11-17(15,10-18)12-22-2)16(21)7-14-4-6-23-9-14/h4,6,9,15H,3,5,7-8,10-12H2,1-2H3/t15-,17+/m1/s1. The van der Waals surface area contributed by atoms with E-state index < -0.39 is 0 Å². The molecule has 23 heavy (non-hydrogen) atoms. The molecule has 0 unspecified atom stereocenters. The molecule has 0 saturated carbocycles. The highest BCUT2D eigenvalue weighted by Crippen LogP contribution is 2.42. The maximum absolute atomic E-state index is 12.6. The van der Waals surface area contributed by atoms with Crippen LogP contribution in [0.2, 0.25) is 0 Å². The van der Waals surface area contributed by atoms with Gasteiger partial charge in [0.2, 0.25) is 11.8 Å². The second kappa shape index (κ2) is 6.61. The summed E-state index contributed by atoms with van der Waals surface area (Å²) < 4.78 is 5.47. The summed E-state index contributed by atoms with van der Waals surface area (Å²) in [7, 11) is 1.70. The van der Waals surface area contributed by atoms with Gasteiger partial charge in [0.1, 0.15) is 0 Å². The van der Waals surface area contributed by atoms with E-state index in [1.54, 1.807) is 25.4 Å². The fraction of sp³-hybridized carbons (Fsp3) is 0.647. The van der Waals surface area contributed by atoms with Crippen LogP contribution in [0.15, 0.2) is 16.8 Å². The number of ether oxygens (including phenoxy) is 1. The molecular formula is C17H24N2O3S. The van der Waals surface area contributed by atoms with Gasteiger partial charge >= 0.3 is 0 Å². The number of methoxy groups -OCH3 is 1. The van der Waals surface area contributed by atoms with Gasteiger partial charge in [0, 0.05) is 45.6 Å². The zero-order chi connectivity index (χ0) is 16.4. The number of carbonyl (C=O) groups excluding carboxylic acids is 2. The maximum atomic E-state index is 12.6. The zero-order valence-corrected chi connectivity index (χ0v) is 14.6. The third kappa shape index (κ3) is 3.28. The van der Waals surface area contributed by atoms with Gasteiger partial charge in [0.15, 0.2) is 0 Å². The molecule has 3 rings (SSSR count). The molecule has 3 heterocycles. The van der Waals surface area contributed by atoms with Crippen LogP contribution < -0.4 is 0 Å². The lowest BCUT2D eigenvalue weighted by Crippen LogP contribution is -2.52. The smallest absolute Gasteiger partial charge is 0.227 e. The van der Waals surface area contributed by atoms with Crippen molar-refractivity contribution < 1.29 is 14.3 Å². The van der Waals surface area contributed by atoms with Crippen LogP contribution in [-0.4, -0.2) is 61.5 Å². The Morgan fingerprint density at radius 1 is 1.39 bits per heavy atom. The van der Waals surface area contributed by atoms with Crippen molar-refractivity contribution in [2.24, 2.45) is 11.3 Å². The molecule has 2 aliphatic rings. The molecule has 0 radical (unpaired) electrons. The molecule has 2 atom stereocenters. The lowest BCUT2D eigenvalue weighted by molar-refractivity contribution is -0.134. The van der Waals surface area contributed by atoms with Crippen LogP contribution in [0.1, 0.15) is 18.9 Å². The predicted molar refractivity (Wildman–Crippen MR) is 89.3 cm³/mol. The Hall–Kier alpha value is -1.40. The normalized spacial score (nSPS) is 27.1. The van der Waals surface area contributed by atoms with E-state index in [1.807, 2.05) is 26.6 Å². The second-order valence-corrected chi connectivity index (χ2v) is 7.58. The molecule has 126 valence electrons. The van der Waals surface area contributed by atoms with Crippen LogP contribution in [0, 0.1) is 11.3 Å². The van der Waals surface area contributed by atoms with E-state index in [0.29, 0.717) is 32.0 Å². The molecule has 0 bridgehead atoms. The molecule has 1 aromatic rings. The van der Waals surface area contributed by atoms with E-state index in [1.165, 1.54) is 0 Å². The Kier molecular flexibility index (Phi) is 4.73. The summed E-state index contributed by atoms with van der Waals surface area (Å²) in [5, 5.41) is 4.03. The summed E-state index contributed by atoms with van der Waals surface area (Å²) in [5.74, 6) is 0.717. The van der Waals surface area contributed by atoms with Crippen molar-refractivity contribution in [2.75, 3.05) is 39.9 Å². The van der Waals surface area contributed by atoms with Crippen molar-refractivity contribution >= 4 is 23.2 Å². The predicted octanol–water partition coefficient (Wildman–Crippen LogP) is 1.63. The molecule has 0 N–H and O–H groups in total. The van der Waals surface area contributed by atoms with Gasteiger partial charge in [-0.15, -0.1) is 0 Å². The van der Waals surface area contributed by atoms with E-state index in [0.717, 1.165) is 25.1 Å². The largest absolute Gasteiger partial charge is 0.384 e. The van der Waals surface area contributed by atoms with Crippen LogP contribution >= 0.6 is 11.3 Å². The minimum atomic E-state index is -0.108. The Bertz CT molecular complexity index is 574. The van der Waals surface area contributed by atoms with Gasteiger partial charge in [-0.05, 0) is 34.7 Å². The highest BCUT2D eigenvalue weighted by Gasteiger charge is 2.51. The topological polar surface area (TPSA) is 49.9 Å². The van der Waals surface area contributed by atoms with Crippen molar-refractivity contribution in [2.45, 2.75) is 19.8 Å². The van der Waals surface area contributed by atoms with E-state index in [4.69, 9.17) is 4.74 Å². The SMILES string of the molecule is COC[C@@]12CN(C(C)=O)CC[C@@H]1CN(C(=O)Cc1ccsc1)C2. The number of hydrogen-bond donors (Lipinski definition) is 0. The molecule has 1 aromatic heterocycles. The Morgan fingerprint density at radius 2 is 2.17 bits per heavy atom. The van der Waals surface area contributed by atoms with E-state index in [-0.39, 0.29) is 17.2 Å². The van der Waals surface area contributed by atoms with Gasteiger partial charge < -0.3 is 14.5 Å². The summed E-state index contributed by atoms with van der Waals surface area (Å²) >= 11 is 1.62. The summed E-state index contributed by atoms with van der Waals surface area (Å²) in [5.41, 5.74) is 0.976. The minimum Gasteiger partial charge on any atom is -0.384 e. The molecule has 5 nitrogen and oxygen atoms in total. The van der Waals surface area contributed by atoms with Crippen molar-refractivity contribution in [3.05, 3.63) is 22.4 Å². The maximum Gasteiger partial charge on any atom is 0.227 e. The van der Waals surface area contributed by atoms with Crippen molar-refractivity contribution in [1.29, 1.82) is 0 Å². The highest BCUT2D eigenvalue weighted by molar-refractivity contribution is 7.07. The van der Waals surface area contributed by atoms with E-state index in [9.17, 15) is 9.59 Å². The molecule has 2 aliphatic heterocycles. The Balaban J connectivity index is 1.72. The lowest BCUT2D eigenvalue weighted by atomic mass is 9.74. The fourth-order valence-corrected chi connectivity index (χ4v) is 4.68. The number of amides is 2. The number of piperidine rings is 1. The third-order valence-corrected chi connectivity index (χ3v) is 5.96. The van der Waals surface area contributed by atoms with Gasteiger partial charge in [-0.2, -0.15) is 11.3 Å². The number of hydrogen-bond acceptors (Lipinski definition) is 4. The van der Waals surface area contributed by atoms with E-state index >= 15 is 0 Å². The number of carbonyl (C=O) groups is 2. The summed E-state index contributed by atoms with van der Waals surface area (Å²) in [4.78, 5) is 28.3. The monoisotopic (exact) mass is 336 g/mol. The van der Waals surface area contributed by atoms with Crippen LogP contribution in [-0.2, 0) is 20.7 Å². The number of rotatable bonds is 4. The average Bonchev–Trinajstić information content (AvgIpc) is 3.13. The quantitative estimate of drug-likeness (QED) is 0.840. The molecule has 2 saturated heterocycles. The number of likely N-dealkylation sites (tertiary alicyclic amines) is 2. The first-order valence-electron chi connectivity index (χ1n) is 8.07. The molecule has 2 amide bonds. The molecule has 6 heteroatoms. The number of nitrogens with zero attached hydrogens (tertiary/aromatic N) is 2. The van der Waals surface area contributed by atoms with Gasteiger partial charge in [-0.3, -0.25) is 9.59 Å². The summed E-state index contributed by atoms with van der Waals surface area (Å²) in [6.07, 6.45) is 1.42.